The monoisotopic (exact) mass is 254 g/mol. The van der Waals surface area contributed by atoms with Gasteiger partial charge in [-0.1, -0.05) is 25.7 Å². The number of nitrogens with zero attached hydrogens (tertiary/aromatic N) is 1. The van der Waals surface area contributed by atoms with Crippen LogP contribution in [0.3, 0.4) is 0 Å². The summed E-state index contributed by atoms with van der Waals surface area (Å²) in [6.07, 6.45) is 8.99. The molecule has 2 aliphatic rings. The number of aliphatic hydroxyl groups excluding tert-OH is 1. The van der Waals surface area contributed by atoms with Gasteiger partial charge in [0.15, 0.2) is 0 Å². The van der Waals surface area contributed by atoms with Crippen LogP contribution in [-0.4, -0.2) is 48.3 Å². The van der Waals surface area contributed by atoms with Gasteiger partial charge in [0.2, 0.25) is 0 Å². The maximum absolute atomic E-state index is 10.0. The second-order valence-corrected chi connectivity index (χ2v) is 6.36. The lowest BCUT2D eigenvalue weighted by molar-refractivity contribution is 0.135. The Hall–Kier alpha value is -0.120. The molecule has 2 unspecified atom stereocenters. The van der Waals surface area contributed by atoms with Crippen LogP contribution >= 0.6 is 0 Å². The lowest BCUT2D eigenvalue weighted by Gasteiger charge is -2.23. The van der Waals surface area contributed by atoms with Gasteiger partial charge < -0.3 is 15.3 Å². The molecule has 1 heterocycles. The SMILES string of the molecule is CC(CN1CCCC1)NCC(O)CC1CCCC1. The van der Waals surface area contributed by atoms with Crippen LogP contribution in [0.2, 0.25) is 0 Å². The number of rotatable bonds is 7. The molecule has 3 nitrogen and oxygen atoms in total. The van der Waals surface area contributed by atoms with E-state index in [2.05, 4.69) is 17.1 Å². The fraction of sp³-hybridized carbons (Fsp3) is 1.00. The summed E-state index contributed by atoms with van der Waals surface area (Å²) in [5.41, 5.74) is 0. The minimum atomic E-state index is -0.144. The maximum Gasteiger partial charge on any atom is 0.0667 e. The standard InChI is InChI=1S/C15H30N2O/c1-13(12-17-8-4-5-9-17)16-11-15(18)10-14-6-2-3-7-14/h13-16,18H,2-12H2,1H3. The molecule has 3 heteroatoms. The Labute approximate surface area is 112 Å². The van der Waals surface area contributed by atoms with Gasteiger partial charge >= 0.3 is 0 Å². The lowest BCUT2D eigenvalue weighted by Crippen LogP contribution is -2.41. The van der Waals surface area contributed by atoms with Crippen molar-refractivity contribution in [2.45, 2.75) is 64.0 Å². The van der Waals surface area contributed by atoms with Gasteiger partial charge in [-0.2, -0.15) is 0 Å². The first-order chi connectivity index (χ1) is 8.74. The van der Waals surface area contributed by atoms with E-state index in [4.69, 9.17) is 0 Å². The van der Waals surface area contributed by atoms with Gasteiger partial charge in [-0.15, -0.1) is 0 Å². The molecule has 18 heavy (non-hydrogen) atoms. The average Bonchev–Trinajstić information content (AvgIpc) is 2.99. The molecule has 2 atom stereocenters. The van der Waals surface area contributed by atoms with E-state index in [1.807, 2.05) is 0 Å². The van der Waals surface area contributed by atoms with E-state index in [0.29, 0.717) is 6.04 Å². The number of hydrogen-bond donors (Lipinski definition) is 2. The largest absolute Gasteiger partial charge is 0.392 e. The smallest absolute Gasteiger partial charge is 0.0667 e. The summed E-state index contributed by atoms with van der Waals surface area (Å²) in [7, 11) is 0. The van der Waals surface area contributed by atoms with Crippen molar-refractivity contribution in [3.63, 3.8) is 0 Å². The number of nitrogens with one attached hydrogen (secondary N) is 1. The molecule has 1 aliphatic carbocycles. The highest BCUT2D eigenvalue weighted by Gasteiger charge is 2.19. The Morgan fingerprint density at radius 2 is 1.83 bits per heavy atom. The molecular weight excluding hydrogens is 224 g/mol. The van der Waals surface area contributed by atoms with Crippen molar-refractivity contribution >= 4 is 0 Å². The third-order valence-corrected chi connectivity index (χ3v) is 4.51. The van der Waals surface area contributed by atoms with E-state index in [-0.39, 0.29) is 6.10 Å². The molecule has 0 aromatic carbocycles. The fourth-order valence-corrected chi connectivity index (χ4v) is 3.47. The van der Waals surface area contributed by atoms with Crippen molar-refractivity contribution in [3.8, 4) is 0 Å². The van der Waals surface area contributed by atoms with E-state index in [1.54, 1.807) is 0 Å². The van der Waals surface area contributed by atoms with Crippen LogP contribution in [0, 0.1) is 5.92 Å². The molecule has 2 fully saturated rings. The molecule has 1 saturated heterocycles. The van der Waals surface area contributed by atoms with Gasteiger partial charge in [-0.05, 0) is 45.2 Å². The van der Waals surface area contributed by atoms with Gasteiger partial charge in [0.1, 0.15) is 0 Å². The second-order valence-electron chi connectivity index (χ2n) is 6.36. The molecule has 2 N–H and O–H groups in total. The van der Waals surface area contributed by atoms with E-state index in [9.17, 15) is 5.11 Å². The van der Waals surface area contributed by atoms with E-state index < -0.39 is 0 Å². The van der Waals surface area contributed by atoms with E-state index in [1.165, 1.54) is 51.6 Å². The first kappa shape index (κ1) is 14.3. The van der Waals surface area contributed by atoms with Crippen molar-refractivity contribution in [1.29, 1.82) is 0 Å². The molecule has 0 radical (unpaired) electrons. The third kappa shape index (κ3) is 4.87. The zero-order valence-corrected chi connectivity index (χ0v) is 11.9. The van der Waals surface area contributed by atoms with Crippen LogP contribution in [-0.2, 0) is 0 Å². The Morgan fingerprint density at radius 3 is 2.50 bits per heavy atom. The van der Waals surface area contributed by atoms with Gasteiger partial charge in [0.05, 0.1) is 6.10 Å². The lowest BCUT2D eigenvalue weighted by atomic mass is 10.00. The highest BCUT2D eigenvalue weighted by atomic mass is 16.3. The first-order valence-corrected chi connectivity index (χ1v) is 7.88. The van der Waals surface area contributed by atoms with Crippen LogP contribution in [0.1, 0.15) is 51.9 Å². The number of hydrogen-bond acceptors (Lipinski definition) is 3. The quantitative estimate of drug-likeness (QED) is 0.729. The van der Waals surface area contributed by atoms with Crippen LogP contribution in [0.5, 0.6) is 0 Å². The zero-order chi connectivity index (χ0) is 12.8. The molecule has 1 saturated carbocycles. The van der Waals surface area contributed by atoms with Crippen LogP contribution in [0.4, 0.5) is 0 Å². The van der Waals surface area contributed by atoms with E-state index in [0.717, 1.165) is 25.4 Å². The molecule has 0 spiro atoms. The molecule has 0 aromatic rings. The van der Waals surface area contributed by atoms with Crippen LogP contribution < -0.4 is 5.32 Å². The second kappa shape index (κ2) is 7.46. The highest BCUT2D eigenvalue weighted by molar-refractivity contribution is 4.76. The van der Waals surface area contributed by atoms with Gasteiger partial charge in [0.25, 0.3) is 0 Å². The Bertz CT molecular complexity index is 199. The summed E-state index contributed by atoms with van der Waals surface area (Å²) in [5, 5.41) is 13.5. The van der Waals surface area contributed by atoms with Gasteiger partial charge in [-0.25, -0.2) is 0 Å². The molecule has 2 rings (SSSR count). The molecule has 0 amide bonds. The van der Waals surface area contributed by atoms with Crippen molar-refractivity contribution in [3.05, 3.63) is 0 Å². The molecule has 0 bridgehead atoms. The summed E-state index contributed by atoms with van der Waals surface area (Å²) in [6.45, 7) is 6.66. The summed E-state index contributed by atoms with van der Waals surface area (Å²) >= 11 is 0. The zero-order valence-electron chi connectivity index (χ0n) is 11.9. The minimum absolute atomic E-state index is 0.144. The average molecular weight is 254 g/mol. The Balaban J connectivity index is 1.54. The first-order valence-electron chi connectivity index (χ1n) is 7.88. The molecule has 1 aliphatic heterocycles. The Kier molecular flexibility index (Phi) is 5.93. The summed E-state index contributed by atoms with van der Waals surface area (Å²) in [6, 6.07) is 0.501. The van der Waals surface area contributed by atoms with Gasteiger partial charge in [0, 0.05) is 19.1 Å². The van der Waals surface area contributed by atoms with Crippen LogP contribution in [0.25, 0.3) is 0 Å². The van der Waals surface area contributed by atoms with Crippen molar-refractivity contribution < 1.29 is 5.11 Å². The molecule has 106 valence electrons. The minimum Gasteiger partial charge on any atom is -0.392 e. The summed E-state index contributed by atoms with van der Waals surface area (Å²) in [5.74, 6) is 0.788. The summed E-state index contributed by atoms with van der Waals surface area (Å²) < 4.78 is 0. The van der Waals surface area contributed by atoms with Crippen LogP contribution in [0.15, 0.2) is 0 Å². The topological polar surface area (TPSA) is 35.5 Å². The molecular formula is C15H30N2O. The van der Waals surface area contributed by atoms with Gasteiger partial charge in [-0.3, -0.25) is 0 Å². The highest BCUT2D eigenvalue weighted by Crippen LogP contribution is 2.28. The molecule has 0 aromatic heterocycles. The van der Waals surface area contributed by atoms with Crippen molar-refractivity contribution in [2.24, 2.45) is 5.92 Å². The third-order valence-electron chi connectivity index (χ3n) is 4.51. The predicted molar refractivity (Wildman–Crippen MR) is 75.7 cm³/mol. The normalized spacial score (nSPS) is 25.7. The fourth-order valence-electron chi connectivity index (χ4n) is 3.47. The summed E-state index contributed by atoms with van der Waals surface area (Å²) in [4.78, 5) is 2.53. The Morgan fingerprint density at radius 1 is 1.17 bits per heavy atom. The van der Waals surface area contributed by atoms with E-state index >= 15 is 0 Å². The van der Waals surface area contributed by atoms with Crippen molar-refractivity contribution in [1.82, 2.24) is 10.2 Å². The number of aliphatic hydroxyl groups is 1. The number of likely N-dealkylation sites (tertiary alicyclic amines) is 1. The van der Waals surface area contributed by atoms with Crippen molar-refractivity contribution in [2.75, 3.05) is 26.2 Å². The predicted octanol–water partition coefficient (Wildman–Crippen LogP) is 2.00. The maximum atomic E-state index is 10.0.